The predicted octanol–water partition coefficient (Wildman–Crippen LogP) is 12.0. The number of hydrogen-bond donors (Lipinski definition) is 0. The summed E-state index contributed by atoms with van der Waals surface area (Å²) in [7, 11) is 0. The first-order chi connectivity index (χ1) is 22.0. The van der Waals surface area contributed by atoms with Crippen LogP contribution in [0.2, 0.25) is 0 Å². The molecule has 1 aliphatic carbocycles. The third-order valence-corrected chi connectivity index (χ3v) is 8.82. The van der Waals surface area contributed by atoms with Gasteiger partial charge in [0, 0.05) is 41.7 Å². The van der Waals surface area contributed by atoms with Crippen molar-refractivity contribution in [1.29, 1.82) is 0 Å². The molecule has 1 aliphatic rings. The molecule has 226 valence electrons. The zero-order chi connectivity index (χ0) is 31.6. The highest BCUT2D eigenvalue weighted by Gasteiger charge is 2.19. The Morgan fingerprint density at radius 3 is 2.44 bits per heavy atom. The first-order valence-corrected chi connectivity index (χ1v) is 16.1. The van der Waals surface area contributed by atoms with Crippen molar-refractivity contribution in [2.45, 2.75) is 58.8 Å². The normalized spacial score (nSPS) is 16.8. The maximum absolute atomic E-state index is 4.77. The second kappa shape index (κ2) is 15.3. The lowest BCUT2D eigenvalue weighted by atomic mass is 9.81. The lowest BCUT2D eigenvalue weighted by Crippen LogP contribution is -2.03. The van der Waals surface area contributed by atoms with Crippen LogP contribution >= 0.6 is 0 Å². The Morgan fingerprint density at radius 1 is 0.933 bits per heavy atom. The predicted molar refractivity (Wildman–Crippen MR) is 196 cm³/mol. The van der Waals surface area contributed by atoms with Crippen LogP contribution in [-0.2, 0) is 0 Å². The van der Waals surface area contributed by atoms with Crippen LogP contribution in [0, 0.1) is 0 Å². The molecule has 2 nitrogen and oxygen atoms in total. The highest BCUT2D eigenvalue weighted by atomic mass is 14.7. The molecule has 0 bridgehead atoms. The maximum atomic E-state index is 4.77. The molecule has 1 aromatic heterocycles. The van der Waals surface area contributed by atoms with Gasteiger partial charge in [-0.2, -0.15) is 0 Å². The summed E-state index contributed by atoms with van der Waals surface area (Å²) in [5.41, 5.74) is 11.3. The smallest absolute Gasteiger partial charge is 0.0470 e. The molecule has 1 heterocycles. The van der Waals surface area contributed by atoms with E-state index in [0.717, 1.165) is 24.1 Å². The molecule has 0 saturated heterocycles. The summed E-state index contributed by atoms with van der Waals surface area (Å²) in [5.74, 6) is 0.431. The van der Waals surface area contributed by atoms with Gasteiger partial charge >= 0.3 is 0 Å². The number of rotatable bonds is 10. The van der Waals surface area contributed by atoms with Crippen LogP contribution in [0.5, 0.6) is 0 Å². The molecule has 0 N–H and O–H groups in total. The molecule has 0 aliphatic heterocycles. The molecule has 0 radical (unpaired) electrons. The summed E-state index contributed by atoms with van der Waals surface area (Å²) in [6.45, 7) is 12.7. The number of fused-ring (bicyclic) bond motifs is 1. The van der Waals surface area contributed by atoms with E-state index < -0.39 is 0 Å². The maximum Gasteiger partial charge on any atom is 0.0470 e. The Hall–Kier alpha value is -4.82. The Morgan fingerprint density at radius 2 is 1.73 bits per heavy atom. The average Bonchev–Trinajstić information content (AvgIpc) is 3.09. The number of aromatic nitrogens is 1. The second-order valence-electron chi connectivity index (χ2n) is 11.8. The van der Waals surface area contributed by atoms with Crippen molar-refractivity contribution < 1.29 is 0 Å². The zero-order valence-electron chi connectivity index (χ0n) is 27.1. The summed E-state index contributed by atoms with van der Waals surface area (Å²) in [6, 6.07) is 28.8. The van der Waals surface area contributed by atoms with E-state index in [4.69, 9.17) is 4.98 Å². The Bertz CT molecular complexity index is 1810. The lowest BCUT2D eigenvalue weighted by Gasteiger charge is -2.23. The molecular weight excluding hydrogens is 544 g/mol. The van der Waals surface area contributed by atoms with E-state index in [9.17, 15) is 0 Å². The summed E-state index contributed by atoms with van der Waals surface area (Å²) < 4.78 is 0. The minimum absolute atomic E-state index is 0.207. The van der Waals surface area contributed by atoms with Gasteiger partial charge < -0.3 is 0 Å². The van der Waals surface area contributed by atoms with Gasteiger partial charge in [-0.25, -0.2) is 0 Å². The first kappa shape index (κ1) is 31.6. The van der Waals surface area contributed by atoms with Gasteiger partial charge in [0.25, 0.3) is 0 Å². The molecule has 0 spiro atoms. The minimum Gasteiger partial charge on any atom is -0.270 e. The molecule has 5 rings (SSSR count). The van der Waals surface area contributed by atoms with Crippen molar-refractivity contribution >= 4 is 22.6 Å². The SMILES string of the molecule is C=C\C=C/C(=C(\C)C(C)c1ccc2ccc(-c3ccc(C(C)/C=C\N=C/C)nc3)cc2c1)C(=C1/C=CCCC1)/c1ccccc1. The number of hydrogen-bond acceptors (Lipinski definition) is 2. The minimum atomic E-state index is 0.207. The van der Waals surface area contributed by atoms with E-state index in [1.165, 1.54) is 56.2 Å². The van der Waals surface area contributed by atoms with Crippen LogP contribution in [-0.4, -0.2) is 11.2 Å². The number of pyridine rings is 1. The lowest BCUT2D eigenvalue weighted by molar-refractivity contribution is 0.821. The summed E-state index contributed by atoms with van der Waals surface area (Å²) >= 11 is 0. The van der Waals surface area contributed by atoms with E-state index >= 15 is 0 Å². The van der Waals surface area contributed by atoms with E-state index in [-0.39, 0.29) is 11.8 Å². The van der Waals surface area contributed by atoms with Crippen LogP contribution in [0.3, 0.4) is 0 Å². The molecule has 4 aromatic rings. The van der Waals surface area contributed by atoms with Crippen molar-refractivity contribution in [2.24, 2.45) is 4.99 Å². The fourth-order valence-electron chi connectivity index (χ4n) is 6.03. The summed E-state index contributed by atoms with van der Waals surface area (Å²) in [4.78, 5) is 8.95. The first-order valence-electron chi connectivity index (χ1n) is 16.1. The van der Waals surface area contributed by atoms with Gasteiger partial charge in [-0.1, -0.05) is 129 Å². The van der Waals surface area contributed by atoms with Gasteiger partial charge in [0.15, 0.2) is 0 Å². The highest BCUT2D eigenvalue weighted by Crippen LogP contribution is 2.39. The highest BCUT2D eigenvalue weighted by molar-refractivity contribution is 5.89. The number of aliphatic imine (C=N–C) groups is 1. The van der Waals surface area contributed by atoms with Gasteiger partial charge in [-0.15, -0.1) is 0 Å². The quantitative estimate of drug-likeness (QED) is 0.134. The van der Waals surface area contributed by atoms with E-state index in [1.807, 2.05) is 25.4 Å². The topological polar surface area (TPSA) is 25.2 Å². The van der Waals surface area contributed by atoms with Gasteiger partial charge in [0.1, 0.15) is 0 Å². The number of allylic oxidation sites excluding steroid dienone is 10. The standard InChI is InChI=1S/C43H44N2/c1-6-8-19-41(43(35-15-11-9-12-16-35)36-17-13-10-14-18-36)33(5)32(4)37-22-20-34-21-23-38(29-40(34)28-37)39-24-25-42(45-30-39)31(3)26-27-44-7-2/h6-9,11-13,15-17,19-32H,1,10,14,18H2,2-5H3/b19-8-,27-26-,41-33-,43-36-,44-7-. The van der Waals surface area contributed by atoms with Crippen molar-refractivity contribution in [3.8, 4) is 11.1 Å². The fraction of sp³-hybridized carbons (Fsp3) is 0.209. The van der Waals surface area contributed by atoms with E-state index in [2.05, 4.69) is 142 Å². The van der Waals surface area contributed by atoms with Gasteiger partial charge in [-0.05, 0) is 89.4 Å². The molecule has 3 aromatic carbocycles. The van der Waals surface area contributed by atoms with Crippen LogP contribution in [0.15, 0.2) is 156 Å². The zero-order valence-corrected chi connectivity index (χ0v) is 27.1. The van der Waals surface area contributed by atoms with Crippen LogP contribution in [0.25, 0.3) is 27.5 Å². The molecule has 2 unspecified atom stereocenters. The largest absolute Gasteiger partial charge is 0.270 e. The fourth-order valence-corrected chi connectivity index (χ4v) is 6.03. The third-order valence-electron chi connectivity index (χ3n) is 8.82. The van der Waals surface area contributed by atoms with Crippen molar-refractivity contribution in [3.63, 3.8) is 0 Å². The Labute approximate surface area is 269 Å². The summed E-state index contributed by atoms with van der Waals surface area (Å²) in [6.07, 6.45) is 22.0. The second-order valence-corrected chi connectivity index (χ2v) is 11.8. The molecular formula is C43H44N2. The Kier molecular flexibility index (Phi) is 10.7. The molecule has 0 amide bonds. The van der Waals surface area contributed by atoms with Crippen molar-refractivity contribution in [3.05, 3.63) is 168 Å². The van der Waals surface area contributed by atoms with Gasteiger partial charge in [-0.3, -0.25) is 9.98 Å². The molecule has 2 atom stereocenters. The van der Waals surface area contributed by atoms with Crippen LogP contribution < -0.4 is 0 Å². The molecule has 0 fully saturated rings. The number of benzene rings is 3. The average molecular weight is 589 g/mol. The van der Waals surface area contributed by atoms with Crippen molar-refractivity contribution in [1.82, 2.24) is 4.98 Å². The molecule has 45 heavy (non-hydrogen) atoms. The van der Waals surface area contributed by atoms with Crippen LogP contribution in [0.4, 0.5) is 0 Å². The van der Waals surface area contributed by atoms with Gasteiger partial charge in [0.2, 0.25) is 0 Å². The molecule has 0 saturated carbocycles. The summed E-state index contributed by atoms with van der Waals surface area (Å²) in [5, 5.41) is 2.48. The number of nitrogens with zero attached hydrogens (tertiary/aromatic N) is 2. The monoisotopic (exact) mass is 588 g/mol. The van der Waals surface area contributed by atoms with Gasteiger partial charge in [0.05, 0.1) is 0 Å². The van der Waals surface area contributed by atoms with Crippen molar-refractivity contribution in [2.75, 3.05) is 0 Å². The van der Waals surface area contributed by atoms with Crippen LogP contribution in [0.1, 0.15) is 75.6 Å². The third kappa shape index (κ3) is 7.64. The molecule has 2 heteroatoms. The Balaban J connectivity index is 1.52. The van der Waals surface area contributed by atoms with E-state index in [0.29, 0.717) is 0 Å². The van der Waals surface area contributed by atoms with E-state index in [1.54, 1.807) is 6.21 Å².